The largest absolute Gasteiger partial charge is 0.394 e. The lowest BCUT2D eigenvalue weighted by molar-refractivity contribution is 0.237. The van der Waals surface area contributed by atoms with Crippen LogP contribution in [0.3, 0.4) is 0 Å². The molecule has 0 aromatic carbocycles. The highest BCUT2D eigenvalue weighted by molar-refractivity contribution is 5.57. The summed E-state index contributed by atoms with van der Waals surface area (Å²) in [5.74, 6) is 0.688. The number of aliphatic hydroxyl groups excluding tert-OH is 1. The summed E-state index contributed by atoms with van der Waals surface area (Å²) in [6, 6.07) is 1.16. The van der Waals surface area contributed by atoms with Crippen LogP contribution in [0, 0.1) is 6.92 Å². The molecule has 1 atom stereocenters. The fourth-order valence-electron chi connectivity index (χ4n) is 1.30. The Labute approximate surface area is 92.1 Å². The van der Waals surface area contributed by atoms with E-state index in [1.165, 1.54) is 0 Å². The molecule has 2 rings (SSSR count). The van der Waals surface area contributed by atoms with Crippen LogP contribution in [0.5, 0.6) is 0 Å². The van der Waals surface area contributed by atoms with E-state index in [1.807, 2.05) is 6.92 Å². The third-order valence-electron chi connectivity index (χ3n) is 2.22. The lowest BCUT2D eigenvalue weighted by Crippen LogP contribution is -2.14. The Kier molecular flexibility index (Phi) is 2.93. The van der Waals surface area contributed by atoms with E-state index in [0.717, 1.165) is 11.1 Å². The van der Waals surface area contributed by atoms with Crippen molar-refractivity contribution in [2.75, 3.05) is 6.61 Å². The summed E-state index contributed by atoms with van der Waals surface area (Å²) in [5, 5.41) is 12.7. The maximum atomic E-state index is 8.86. The second-order valence-corrected chi connectivity index (χ2v) is 3.44. The maximum absolute atomic E-state index is 8.86. The van der Waals surface area contributed by atoms with Gasteiger partial charge in [0.25, 0.3) is 0 Å². The monoisotopic (exact) mass is 220 g/mol. The zero-order valence-electron chi connectivity index (χ0n) is 8.79. The van der Waals surface area contributed by atoms with E-state index in [4.69, 9.17) is 15.4 Å². The van der Waals surface area contributed by atoms with Gasteiger partial charge in [-0.1, -0.05) is 5.16 Å². The van der Waals surface area contributed by atoms with Gasteiger partial charge in [-0.3, -0.25) is 4.98 Å². The minimum absolute atomic E-state index is 0.225. The van der Waals surface area contributed by atoms with Crippen LogP contribution in [0.25, 0.3) is 11.4 Å². The minimum atomic E-state index is -0.636. The molecule has 16 heavy (non-hydrogen) atoms. The molecule has 6 heteroatoms. The highest BCUT2D eigenvalue weighted by Gasteiger charge is 2.15. The van der Waals surface area contributed by atoms with Gasteiger partial charge < -0.3 is 15.4 Å². The van der Waals surface area contributed by atoms with Crippen LogP contribution in [0.2, 0.25) is 0 Å². The van der Waals surface area contributed by atoms with Crippen LogP contribution in [-0.4, -0.2) is 26.8 Å². The maximum Gasteiger partial charge on any atom is 0.246 e. The number of hydrogen-bond donors (Lipinski definition) is 2. The quantitative estimate of drug-likeness (QED) is 0.778. The molecule has 0 saturated carbocycles. The Hall–Kier alpha value is -1.79. The summed E-state index contributed by atoms with van der Waals surface area (Å²) in [7, 11) is 0. The van der Waals surface area contributed by atoms with Crippen LogP contribution in [0.15, 0.2) is 23.0 Å². The van der Waals surface area contributed by atoms with Crippen molar-refractivity contribution in [3.63, 3.8) is 0 Å². The Balaban J connectivity index is 2.35. The zero-order chi connectivity index (χ0) is 11.5. The number of aromatic nitrogens is 3. The van der Waals surface area contributed by atoms with Crippen molar-refractivity contribution in [1.82, 2.24) is 15.1 Å². The van der Waals surface area contributed by atoms with E-state index in [2.05, 4.69) is 15.1 Å². The summed E-state index contributed by atoms with van der Waals surface area (Å²) in [6.45, 7) is 1.68. The molecule has 0 bridgehead atoms. The van der Waals surface area contributed by atoms with Crippen molar-refractivity contribution in [1.29, 1.82) is 0 Å². The smallest absolute Gasteiger partial charge is 0.246 e. The second-order valence-electron chi connectivity index (χ2n) is 3.44. The average Bonchev–Trinajstić information content (AvgIpc) is 2.78. The molecule has 84 valence electrons. The number of nitrogens with two attached hydrogens (primary N) is 1. The van der Waals surface area contributed by atoms with Gasteiger partial charge in [0.15, 0.2) is 0 Å². The molecular weight excluding hydrogens is 208 g/mol. The Morgan fingerprint density at radius 2 is 2.38 bits per heavy atom. The highest BCUT2D eigenvalue weighted by Crippen LogP contribution is 2.20. The lowest BCUT2D eigenvalue weighted by Gasteiger charge is -1.99. The predicted molar refractivity (Wildman–Crippen MR) is 56.3 cm³/mol. The first kappa shape index (κ1) is 10.7. The molecule has 2 aromatic heterocycles. The molecule has 0 amide bonds. The van der Waals surface area contributed by atoms with Gasteiger partial charge in [-0.05, 0) is 18.6 Å². The van der Waals surface area contributed by atoms with Gasteiger partial charge in [0.2, 0.25) is 11.7 Å². The zero-order valence-corrected chi connectivity index (χ0v) is 8.79. The van der Waals surface area contributed by atoms with E-state index in [9.17, 15) is 0 Å². The predicted octanol–water partition coefficient (Wildman–Crippen LogP) is 0.432. The number of hydrogen-bond acceptors (Lipinski definition) is 6. The number of pyridine rings is 1. The topological polar surface area (TPSA) is 98.1 Å². The van der Waals surface area contributed by atoms with Crippen molar-refractivity contribution < 1.29 is 9.63 Å². The summed E-state index contributed by atoms with van der Waals surface area (Å²) < 4.78 is 4.96. The molecule has 0 radical (unpaired) electrons. The van der Waals surface area contributed by atoms with Gasteiger partial charge in [0, 0.05) is 18.0 Å². The van der Waals surface area contributed by atoms with E-state index >= 15 is 0 Å². The van der Waals surface area contributed by atoms with Gasteiger partial charge in [-0.25, -0.2) is 0 Å². The number of rotatable bonds is 3. The van der Waals surface area contributed by atoms with Crippen LogP contribution >= 0.6 is 0 Å². The van der Waals surface area contributed by atoms with Crippen molar-refractivity contribution in [2.45, 2.75) is 13.0 Å². The Bertz CT molecular complexity index is 483. The summed E-state index contributed by atoms with van der Waals surface area (Å²) >= 11 is 0. The number of aliphatic hydroxyl groups is 1. The third-order valence-corrected chi connectivity index (χ3v) is 2.22. The average molecular weight is 220 g/mol. The number of nitrogens with zero attached hydrogens (tertiary/aromatic N) is 3. The molecular formula is C10H12N4O2. The highest BCUT2D eigenvalue weighted by atomic mass is 16.5. The van der Waals surface area contributed by atoms with Crippen LogP contribution in [0.4, 0.5) is 0 Å². The van der Waals surface area contributed by atoms with Crippen molar-refractivity contribution in [2.24, 2.45) is 5.73 Å². The van der Waals surface area contributed by atoms with E-state index < -0.39 is 6.04 Å². The van der Waals surface area contributed by atoms with Crippen LogP contribution < -0.4 is 5.73 Å². The SMILES string of the molecule is Cc1cnccc1-c1noc(C(N)CO)n1. The van der Waals surface area contributed by atoms with Gasteiger partial charge in [0.1, 0.15) is 6.04 Å². The molecule has 3 N–H and O–H groups in total. The van der Waals surface area contributed by atoms with E-state index in [-0.39, 0.29) is 12.5 Å². The van der Waals surface area contributed by atoms with E-state index in [0.29, 0.717) is 5.82 Å². The van der Waals surface area contributed by atoms with Gasteiger partial charge in [0.05, 0.1) is 6.61 Å². The third kappa shape index (κ3) is 1.93. The van der Waals surface area contributed by atoms with Gasteiger partial charge in [-0.15, -0.1) is 0 Å². The van der Waals surface area contributed by atoms with E-state index in [1.54, 1.807) is 18.5 Å². The summed E-state index contributed by atoms with van der Waals surface area (Å²) in [4.78, 5) is 8.10. The summed E-state index contributed by atoms with van der Waals surface area (Å²) in [5.41, 5.74) is 7.36. The van der Waals surface area contributed by atoms with Crippen LogP contribution in [-0.2, 0) is 0 Å². The minimum Gasteiger partial charge on any atom is -0.394 e. The van der Waals surface area contributed by atoms with Crippen LogP contribution in [0.1, 0.15) is 17.5 Å². The first-order valence-corrected chi connectivity index (χ1v) is 4.83. The fourth-order valence-corrected chi connectivity index (χ4v) is 1.30. The summed E-state index contributed by atoms with van der Waals surface area (Å²) in [6.07, 6.45) is 3.38. The first-order valence-electron chi connectivity index (χ1n) is 4.83. The normalized spacial score (nSPS) is 12.7. The van der Waals surface area contributed by atoms with Gasteiger partial charge >= 0.3 is 0 Å². The molecule has 0 spiro atoms. The van der Waals surface area contributed by atoms with Crippen molar-refractivity contribution in [3.8, 4) is 11.4 Å². The molecule has 0 aliphatic carbocycles. The second kappa shape index (κ2) is 4.38. The molecule has 0 fully saturated rings. The molecule has 0 aliphatic rings. The van der Waals surface area contributed by atoms with Gasteiger partial charge in [-0.2, -0.15) is 4.98 Å². The number of aryl methyl sites for hydroxylation is 1. The molecule has 2 heterocycles. The molecule has 1 unspecified atom stereocenters. The molecule has 0 aliphatic heterocycles. The molecule has 6 nitrogen and oxygen atoms in total. The standard InChI is InChI=1S/C10H12N4O2/c1-6-4-12-3-2-7(6)9-13-10(16-14-9)8(11)5-15/h2-4,8,15H,5,11H2,1H3. The lowest BCUT2D eigenvalue weighted by atomic mass is 10.1. The van der Waals surface area contributed by atoms with Crippen molar-refractivity contribution in [3.05, 3.63) is 29.9 Å². The molecule has 2 aromatic rings. The fraction of sp³-hybridized carbons (Fsp3) is 0.300. The van der Waals surface area contributed by atoms with Crippen molar-refractivity contribution >= 4 is 0 Å². The molecule has 0 saturated heterocycles. The Morgan fingerprint density at radius 1 is 1.56 bits per heavy atom. The first-order chi connectivity index (χ1) is 7.72. The Morgan fingerprint density at radius 3 is 3.06 bits per heavy atom.